The third kappa shape index (κ3) is 2.58. The summed E-state index contributed by atoms with van der Waals surface area (Å²) >= 11 is 0. The number of allylic oxidation sites excluding steroid dienone is 2. The molecule has 0 amide bonds. The van der Waals surface area contributed by atoms with Gasteiger partial charge in [0.05, 0.1) is 12.0 Å². The summed E-state index contributed by atoms with van der Waals surface area (Å²) in [7, 11) is 0. The van der Waals surface area contributed by atoms with Crippen LogP contribution in [0.25, 0.3) is 0 Å². The molecular weight excluding hydrogens is 290 g/mol. The third-order valence-electron chi connectivity index (χ3n) is 4.42. The van der Waals surface area contributed by atoms with Crippen LogP contribution in [-0.4, -0.2) is 23.9 Å². The van der Waals surface area contributed by atoms with E-state index in [9.17, 15) is 9.59 Å². The molecule has 1 aromatic rings. The minimum Gasteiger partial charge on any atom is -0.463 e. The fourth-order valence-corrected chi connectivity index (χ4v) is 3.65. The first kappa shape index (κ1) is 15.5. The summed E-state index contributed by atoms with van der Waals surface area (Å²) in [4.78, 5) is 24.2. The van der Waals surface area contributed by atoms with E-state index in [0.717, 1.165) is 17.7 Å². The number of ketones is 1. The van der Waals surface area contributed by atoms with Gasteiger partial charge in [-0.15, -0.1) is 0 Å². The molecule has 0 saturated carbocycles. The molecule has 1 atom stereocenters. The molecule has 0 radical (unpaired) electrons. The maximum atomic E-state index is 12.2. The van der Waals surface area contributed by atoms with E-state index in [1.165, 1.54) is 6.08 Å². The molecule has 1 aromatic carbocycles. The summed E-state index contributed by atoms with van der Waals surface area (Å²) in [6.07, 6.45) is 5.83. The molecular formula is C19H21NO3. The number of fused-ring (bicyclic) bond motifs is 2. The van der Waals surface area contributed by atoms with Crippen LogP contribution < -0.4 is 5.32 Å². The van der Waals surface area contributed by atoms with Crippen molar-refractivity contribution >= 4 is 11.8 Å². The van der Waals surface area contributed by atoms with Gasteiger partial charge in [0, 0.05) is 22.9 Å². The Balaban J connectivity index is 2.16. The summed E-state index contributed by atoms with van der Waals surface area (Å²) < 4.78 is 5.07. The Kier molecular flexibility index (Phi) is 3.63. The highest BCUT2D eigenvalue weighted by Crippen LogP contribution is 2.48. The van der Waals surface area contributed by atoms with Crippen LogP contribution in [0.15, 0.2) is 48.2 Å². The zero-order valence-corrected chi connectivity index (χ0v) is 13.7. The number of nitrogens with one attached hydrogen (secondary N) is 1. The highest BCUT2D eigenvalue weighted by atomic mass is 16.5. The predicted molar refractivity (Wildman–Crippen MR) is 88.1 cm³/mol. The Morgan fingerprint density at radius 3 is 2.83 bits per heavy atom. The van der Waals surface area contributed by atoms with Gasteiger partial charge in [-0.05, 0) is 38.8 Å². The third-order valence-corrected chi connectivity index (χ3v) is 4.42. The van der Waals surface area contributed by atoms with E-state index in [1.54, 1.807) is 13.0 Å². The Morgan fingerprint density at radius 1 is 1.35 bits per heavy atom. The van der Waals surface area contributed by atoms with Crippen molar-refractivity contribution in [3.05, 3.63) is 59.3 Å². The van der Waals surface area contributed by atoms with Crippen LogP contribution in [0.2, 0.25) is 0 Å². The first-order chi connectivity index (χ1) is 10.9. The number of hydrogen-bond acceptors (Lipinski definition) is 4. The van der Waals surface area contributed by atoms with Crippen LogP contribution in [0.4, 0.5) is 0 Å². The molecule has 4 nitrogen and oxygen atoms in total. The summed E-state index contributed by atoms with van der Waals surface area (Å²) in [6.45, 7) is 6.30. The van der Waals surface area contributed by atoms with Gasteiger partial charge < -0.3 is 10.1 Å². The van der Waals surface area contributed by atoms with Crippen LogP contribution in [0.3, 0.4) is 0 Å². The molecule has 2 aliphatic rings. The first-order valence-corrected chi connectivity index (χ1v) is 7.88. The van der Waals surface area contributed by atoms with E-state index >= 15 is 0 Å². The lowest BCUT2D eigenvalue weighted by atomic mass is 9.69. The van der Waals surface area contributed by atoms with Crippen LogP contribution >= 0.6 is 0 Å². The number of esters is 1. The average molecular weight is 311 g/mol. The highest BCUT2D eigenvalue weighted by molar-refractivity contribution is 6.08. The Labute approximate surface area is 136 Å². The fraction of sp³-hybridized carbons (Fsp3) is 0.368. The molecule has 0 aromatic heterocycles. The standard InChI is InChI=1S/C19H21NO3/c1-4-23-17(22)11-16-19(12-18(2,3)20-16)10-9-15(21)13-7-5-6-8-14(13)19/h5-11,20H,4,12H2,1-3H3/b16-11-. The molecule has 4 heteroatoms. The van der Waals surface area contributed by atoms with Crippen molar-refractivity contribution in [2.75, 3.05) is 6.61 Å². The number of carbonyl (C=O) groups excluding carboxylic acids is 2. The number of ether oxygens (including phenoxy) is 1. The van der Waals surface area contributed by atoms with E-state index in [1.807, 2.05) is 30.3 Å². The second-order valence-electron chi connectivity index (χ2n) is 6.71. The minimum absolute atomic E-state index is 0.00594. The molecule has 1 heterocycles. The zero-order chi connectivity index (χ0) is 16.7. The number of rotatable bonds is 2. The molecule has 3 rings (SSSR count). The van der Waals surface area contributed by atoms with E-state index in [0.29, 0.717) is 12.2 Å². The number of carbonyl (C=O) groups is 2. The van der Waals surface area contributed by atoms with Gasteiger partial charge in [-0.1, -0.05) is 30.3 Å². The molecule has 1 aliphatic heterocycles. The van der Waals surface area contributed by atoms with Gasteiger partial charge in [-0.2, -0.15) is 0 Å². The van der Waals surface area contributed by atoms with Gasteiger partial charge in [-0.25, -0.2) is 4.79 Å². The first-order valence-electron chi connectivity index (χ1n) is 7.88. The number of benzene rings is 1. The summed E-state index contributed by atoms with van der Waals surface area (Å²) in [5, 5.41) is 3.43. The smallest absolute Gasteiger partial charge is 0.332 e. The highest BCUT2D eigenvalue weighted by Gasteiger charge is 2.49. The summed E-state index contributed by atoms with van der Waals surface area (Å²) in [6, 6.07) is 7.61. The van der Waals surface area contributed by atoms with Crippen LogP contribution in [0.1, 0.15) is 43.1 Å². The molecule has 1 spiro atoms. The van der Waals surface area contributed by atoms with Crippen LogP contribution in [-0.2, 0) is 14.9 Å². The van der Waals surface area contributed by atoms with Gasteiger partial charge in [0.1, 0.15) is 0 Å². The largest absolute Gasteiger partial charge is 0.463 e. The van der Waals surface area contributed by atoms with Crippen molar-refractivity contribution in [3.63, 3.8) is 0 Å². The van der Waals surface area contributed by atoms with Crippen LogP contribution in [0, 0.1) is 0 Å². The second kappa shape index (κ2) is 5.37. The molecule has 23 heavy (non-hydrogen) atoms. The molecule has 1 saturated heterocycles. The second-order valence-corrected chi connectivity index (χ2v) is 6.71. The van der Waals surface area contributed by atoms with E-state index in [-0.39, 0.29) is 17.3 Å². The lowest BCUT2D eigenvalue weighted by molar-refractivity contribution is -0.137. The molecule has 1 N–H and O–H groups in total. The van der Waals surface area contributed by atoms with Crippen molar-refractivity contribution in [1.82, 2.24) is 5.32 Å². The van der Waals surface area contributed by atoms with E-state index < -0.39 is 5.41 Å². The van der Waals surface area contributed by atoms with Gasteiger partial charge in [0.2, 0.25) is 0 Å². The number of hydrogen-bond donors (Lipinski definition) is 1. The monoisotopic (exact) mass is 311 g/mol. The van der Waals surface area contributed by atoms with Gasteiger partial charge >= 0.3 is 5.97 Å². The lowest BCUT2D eigenvalue weighted by Gasteiger charge is -2.32. The van der Waals surface area contributed by atoms with Gasteiger partial charge in [-0.3, -0.25) is 4.79 Å². The van der Waals surface area contributed by atoms with Crippen LogP contribution in [0.5, 0.6) is 0 Å². The van der Waals surface area contributed by atoms with Gasteiger partial charge in [0.25, 0.3) is 0 Å². The van der Waals surface area contributed by atoms with Crippen molar-refractivity contribution in [2.45, 2.75) is 38.1 Å². The molecule has 1 fully saturated rings. The SMILES string of the molecule is CCOC(=O)/C=C1\NC(C)(C)CC12C=CC(=O)c1ccccc12. The van der Waals surface area contributed by atoms with Gasteiger partial charge in [0.15, 0.2) is 5.78 Å². The molecule has 1 unspecified atom stereocenters. The predicted octanol–water partition coefficient (Wildman–Crippen LogP) is 2.90. The van der Waals surface area contributed by atoms with Crippen molar-refractivity contribution in [2.24, 2.45) is 0 Å². The summed E-state index contributed by atoms with van der Waals surface area (Å²) in [5.74, 6) is -0.360. The fourth-order valence-electron chi connectivity index (χ4n) is 3.65. The van der Waals surface area contributed by atoms with Crippen molar-refractivity contribution in [3.8, 4) is 0 Å². The lowest BCUT2D eigenvalue weighted by Crippen LogP contribution is -2.31. The van der Waals surface area contributed by atoms with E-state index in [2.05, 4.69) is 19.2 Å². The Bertz CT molecular complexity index is 730. The maximum absolute atomic E-state index is 12.2. The quantitative estimate of drug-likeness (QED) is 0.674. The summed E-state index contributed by atoms with van der Waals surface area (Å²) in [5.41, 5.74) is 1.76. The van der Waals surface area contributed by atoms with Crippen molar-refractivity contribution < 1.29 is 14.3 Å². The molecule has 0 bridgehead atoms. The molecule has 120 valence electrons. The molecule has 1 aliphatic carbocycles. The average Bonchev–Trinajstić information content (AvgIpc) is 2.75. The maximum Gasteiger partial charge on any atom is 0.332 e. The zero-order valence-electron chi connectivity index (χ0n) is 13.7. The Morgan fingerprint density at radius 2 is 2.09 bits per heavy atom. The normalized spacial score (nSPS) is 26.2. The topological polar surface area (TPSA) is 55.4 Å². The Hall–Kier alpha value is -2.36. The van der Waals surface area contributed by atoms with Crippen molar-refractivity contribution in [1.29, 1.82) is 0 Å². The minimum atomic E-state index is -0.485. The van der Waals surface area contributed by atoms with E-state index in [4.69, 9.17) is 4.74 Å².